The Labute approximate surface area is 140 Å². The highest BCUT2D eigenvalue weighted by atomic mass is 32.2. The van der Waals surface area contributed by atoms with Crippen LogP contribution in [0.4, 0.5) is 0 Å². The van der Waals surface area contributed by atoms with Crippen LogP contribution in [0, 0.1) is 0 Å². The summed E-state index contributed by atoms with van der Waals surface area (Å²) >= 11 is 0.905. The zero-order valence-electron chi connectivity index (χ0n) is 12.9. The first-order valence-corrected chi connectivity index (χ1v) is 7.71. The van der Waals surface area contributed by atoms with E-state index in [1.165, 1.54) is 6.21 Å². The predicted molar refractivity (Wildman–Crippen MR) is 89.5 cm³/mol. The number of amides is 1. The van der Waals surface area contributed by atoms with E-state index in [1.807, 2.05) is 17.1 Å². The average Bonchev–Trinajstić information content (AvgIpc) is 2.57. The second-order valence-corrected chi connectivity index (χ2v) is 5.88. The molecule has 0 aliphatic carbocycles. The van der Waals surface area contributed by atoms with E-state index < -0.39 is 22.4 Å². The first-order chi connectivity index (χ1) is 11.5. The largest absolute Gasteiger partial charge is 0.496 e. The van der Waals surface area contributed by atoms with Gasteiger partial charge in [0, 0.05) is 5.56 Å². The summed E-state index contributed by atoms with van der Waals surface area (Å²) in [5.74, 6) is 0.209. The average molecular weight is 349 g/mol. The Kier molecular flexibility index (Phi) is 5.90. The normalized spacial score (nSPS) is 12.1. The number of benzene rings is 1. The lowest BCUT2D eigenvalue weighted by Gasteiger charge is -2.07. The molecule has 1 atom stereocenters. The van der Waals surface area contributed by atoms with Crippen LogP contribution in [-0.4, -0.2) is 39.7 Å². The minimum Gasteiger partial charge on any atom is -0.496 e. The van der Waals surface area contributed by atoms with Crippen molar-refractivity contribution in [3.63, 3.8) is 0 Å². The molecule has 0 saturated heterocycles. The molecule has 3 N–H and O–H groups in total. The van der Waals surface area contributed by atoms with Crippen LogP contribution in [-0.2, 0) is 4.79 Å². The number of H-pyrrole nitrogens is 2. The van der Waals surface area contributed by atoms with Gasteiger partial charge < -0.3 is 4.74 Å². The summed E-state index contributed by atoms with van der Waals surface area (Å²) in [4.78, 5) is 36.4. The number of para-hydroxylation sites is 1. The third-order valence-electron chi connectivity index (χ3n) is 2.86. The number of thioether (sulfide) groups is 1. The number of hydrogen-bond donors (Lipinski definition) is 3. The van der Waals surface area contributed by atoms with Gasteiger partial charge in [-0.2, -0.15) is 10.2 Å². The topological polar surface area (TPSA) is 129 Å². The number of hydrogen-bond acceptors (Lipinski definition) is 7. The molecule has 2 aromatic rings. The van der Waals surface area contributed by atoms with Gasteiger partial charge in [0.25, 0.3) is 11.5 Å². The van der Waals surface area contributed by atoms with Gasteiger partial charge in [-0.1, -0.05) is 23.9 Å². The Morgan fingerprint density at radius 1 is 1.42 bits per heavy atom. The van der Waals surface area contributed by atoms with Crippen LogP contribution in [0.2, 0.25) is 0 Å². The van der Waals surface area contributed by atoms with E-state index in [9.17, 15) is 14.4 Å². The van der Waals surface area contributed by atoms with Gasteiger partial charge in [-0.3, -0.25) is 14.6 Å². The van der Waals surface area contributed by atoms with Gasteiger partial charge >= 0.3 is 5.69 Å². The Morgan fingerprint density at radius 2 is 2.17 bits per heavy atom. The Morgan fingerprint density at radius 3 is 2.88 bits per heavy atom. The first kappa shape index (κ1) is 17.5. The Balaban J connectivity index is 1.97. The maximum Gasteiger partial charge on any atom is 0.342 e. The highest BCUT2D eigenvalue weighted by Gasteiger charge is 2.17. The number of aromatic amines is 2. The molecule has 1 aromatic carbocycles. The molecule has 1 aromatic heterocycles. The van der Waals surface area contributed by atoms with Crippen molar-refractivity contribution < 1.29 is 9.53 Å². The maximum atomic E-state index is 12.0. The van der Waals surface area contributed by atoms with E-state index >= 15 is 0 Å². The van der Waals surface area contributed by atoms with Crippen LogP contribution in [0.15, 0.2) is 44.0 Å². The van der Waals surface area contributed by atoms with E-state index in [0.29, 0.717) is 11.3 Å². The smallest absolute Gasteiger partial charge is 0.342 e. The van der Waals surface area contributed by atoms with E-state index in [1.54, 1.807) is 26.2 Å². The zero-order valence-corrected chi connectivity index (χ0v) is 13.7. The first-order valence-electron chi connectivity index (χ1n) is 6.83. The fraction of sp³-hybridized carbons (Fsp3) is 0.214. The van der Waals surface area contributed by atoms with Crippen molar-refractivity contribution in [1.29, 1.82) is 0 Å². The fourth-order valence-electron chi connectivity index (χ4n) is 1.67. The van der Waals surface area contributed by atoms with Crippen molar-refractivity contribution in [2.45, 2.75) is 17.2 Å². The molecule has 10 heteroatoms. The van der Waals surface area contributed by atoms with Gasteiger partial charge in [0.05, 0.1) is 18.6 Å². The molecule has 0 aliphatic rings. The minimum atomic E-state index is -0.706. The summed E-state index contributed by atoms with van der Waals surface area (Å²) < 4.78 is 5.17. The number of carbonyl (C=O) groups excluding carboxylic acids is 1. The van der Waals surface area contributed by atoms with Crippen molar-refractivity contribution in [2.75, 3.05) is 7.11 Å². The number of carbonyl (C=O) groups is 1. The van der Waals surface area contributed by atoms with Crippen molar-refractivity contribution in [3.05, 3.63) is 50.7 Å². The quantitative estimate of drug-likeness (QED) is 0.385. The molecular weight excluding hydrogens is 334 g/mol. The van der Waals surface area contributed by atoms with E-state index in [4.69, 9.17) is 4.74 Å². The number of nitrogens with zero attached hydrogens (tertiary/aromatic N) is 2. The third-order valence-corrected chi connectivity index (χ3v) is 3.92. The van der Waals surface area contributed by atoms with Crippen molar-refractivity contribution >= 4 is 23.9 Å². The Hall–Kier alpha value is -2.88. The molecule has 0 aliphatic heterocycles. The molecule has 126 valence electrons. The molecule has 0 saturated carbocycles. The van der Waals surface area contributed by atoms with E-state index in [2.05, 4.69) is 20.7 Å². The van der Waals surface area contributed by atoms with Crippen LogP contribution in [0.5, 0.6) is 5.75 Å². The fourth-order valence-corrected chi connectivity index (χ4v) is 2.42. The van der Waals surface area contributed by atoms with Crippen molar-refractivity contribution in [1.82, 2.24) is 20.6 Å². The van der Waals surface area contributed by atoms with Crippen LogP contribution < -0.4 is 21.4 Å². The zero-order chi connectivity index (χ0) is 17.5. The summed E-state index contributed by atoms with van der Waals surface area (Å²) in [6.07, 6.45) is 1.46. The molecule has 0 spiro atoms. The summed E-state index contributed by atoms with van der Waals surface area (Å²) in [5.41, 5.74) is 1.73. The standard InChI is InChI=1S/C14H15N5O4S/c1-8(24-13-12(21)16-14(22)19-18-13)11(20)17-15-7-9-5-3-4-6-10(9)23-2/h3-8H,1-2H3,(H,17,20)(H2,16,19,21,22)/b15-7+. The summed E-state index contributed by atoms with van der Waals surface area (Å²) in [7, 11) is 1.54. The lowest BCUT2D eigenvalue weighted by molar-refractivity contribution is -0.120. The number of methoxy groups -OCH3 is 1. The molecule has 1 unspecified atom stereocenters. The lowest BCUT2D eigenvalue weighted by atomic mass is 10.2. The molecule has 9 nitrogen and oxygen atoms in total. The molecule has 0 fully saturated rings. The van der Waals surface area contributed by atoms with Gasteiger partial charge in [0.15, 0.2) is 5.03 Å². The summed E-state index contributed by atoms with van der Waals surface area (Å²) in [6, 6.07) is 7.20. The van der Waals surface area contributed by atoms with Gasteiger partial charge in [-0.05, 0) is 19.1 Å². The van der Waals surface area contributed by atoms with Gasteiger partial charge in [-0.15, -0.1) is 0 Å². The third kappa shape index (κ3) is 4.56. The highest BCUT2D eigenvalue weighted by molar-refractivity contribution is 8.00. The van der Waals surface area contributed by atoms with Crippen LogP contribution in [0.25, 0.3) is 0 Å². The monoisotopic (exact) mass is 349 g/mol. The minimum absolute atomic E-state index is 0.00837. The van der Waals surface area contributed by atoms with Crippen molar-refractivity contribution in [3.8, 4) is 5.75 Å². The number of ether oxygens (including phenoxy) is 1. The second-order valence-electron chi connectivity index (χ2n) is 4.55. The summed E-state index contributed by atoms with van der Waals surface area (Å²) in [5, 5.41) is 8.92. The second kappa shape index (κ2) is 8.11. The molecule has 2 rings (SSSR count). The Bertz CT molecular complexity index is 860. The van der Waals surface area contributed by atoms with Crippen molar-refractivity contribution in [2.24, 2.45) is 5.10 Å². The molecule has 0 bridgehead atoms. The van der Waals surface area contributed by atoms with E-state index in [0.717, 1.165) is 11.8 Å². The number of rotatable bonds is 6. The number of nitrogens with one attached hydrogen (secondary N) is 3. The number of hydrazone groups is 1. The van der Waals surface area contributed by atoms with E-state index in [-0.39, 0.29) is 5.03 Å². The highest BCUT2D eigenvalue weighted by Crippen LogP contribution is 2.17. The molecule has 1 heterocycles. The maximum absolute atomic E-state index is 12.0. The molecule has 0 radical (unpaired) electrons. The molecule has 24 heavy (non-hydrogen) atoms. The predicted octanol–water partition coefficient (Wildman–Crippen LogP) is 0.0977. The van der Waals surface area contributed by atoms with Crippen LogP contribution >= 0.6 is 11.8 Å². The summed E-state index contributed by atoms with van der Waals surface area (Å²) in [6.45, 7) is 1.59. The molecule has 1 amide bonds. The lowest BCUT2D eigenvalue weighted by Crippen LogP contribution is -2.30. The van der Waals surface area contributed by atoms with Gasteiger partial charge in [0.1, 0.15) is 5.75 Å². The van der Waals surface area contributed by atoms with Gasteiger partial charge in [-0.25, -0.2) is 15.3 Å². The SMILES string of the molecule is COc1ccccc1/C=N/NC(=O)C(C)Sc1n[nH]c(=O)[nH]c1=O. The van der Waals surface area contributed by atoms with Crippen LogP contribution in [0.1, 0.15) is 12.5 Å². The van der Waals surface area contributed by atoms with Crippen LogP contribution in [0.3, 0.4) is 0 Å². The number of aromatic nitrogens is 3. The van der Waals surface area contributed by atoms with Gasteiger partial charge in [0.2, 0.25) is 0 Å². The molecular formula is C14H15N5O4S.